The molecule has 1 aliphatic rings. The van der Waals surface area contributed by atoms with Gasteiger partial charge in [-0.25, -0.2) is 8.42 Å². The number of halogens is 1. The van der Waals surface area contributed by atoms with Gasteiger partial charge in [-0.2, -0.15) is 4.31 Å². The third-order valence-corrected chi connectivity index (χ3v) is 7.75. The number of amides is 1. The van der Waals surface area contributed by atoms with Gasteiger partial charge in [-0.15, -0.1) is 0 Å². The quantitative estimate of drug-likeness (QED) is 0.560. The number of hydrogen-bond acceptors (Lipinski definition) is 4. The molecule has 0 aromatic heterocycles. The van der Waals surface area contributed by atoms with E-state index in [0.717, 1.165) is 15.2 Å². The summed E-state index contributed by atoms with van der Waals surface area (Å²) < 4.78 is 33.4. The molecule has 30 heavy (non-hydrogen) atoms. The Morgan fingerprint density at radius 3 is 2.17 bits per heavy atom. The fraction of sp³-hybridized carbons (Fsp3) is 0.227. The van der Waals surface area contributed by atoms with Crippen LogP contribution in [0.1, 0.15) is 10.4 Å². The molecular formula is C22H21BrN2O4S. The highest BCUT2D eigenvalue weighted by Gasteiger charge is 2.31. The zero-order chi connectivity index (χ0) is 21.3. The topological polar surface area (TPSA) is 66.9 Å². The fourth-order valence-electron chi connectivity index (χ4n) is 3.69. The largest absolute Gasteiger partial charge is 0.496 e. The molecule has 0 bridgehead atoms. The summed E-state index contributed by atoms with van der Waals surface area (Å²) in [6, 6.07) is 17.8. The highest BCUT2D eigenvalue weighted by Crippen LogP contribution is 2.29. The maximum Gasteiger partial charge on any atom is 0.254 e. The number of methoxy groups -OCH3 is 1. The van der Waals surface area contributed by atoms with Crippen LogP contribution in [-0.4, -0.2) is 56.8 Å². The molecule has 1 fully saturated rings. The summed E-state index contributed by atoms with van der Waals surface area (Å²) in [7, 11) is -1.97. The van der Waals surface area contributed by atoms with Crippen molar-refractivity contribution < 1.29 is 17.9 Å². The van der Waals surface area contributed by atoms with Crippen molar-refractivity contribution in [2.24, 2.45) is 0 Å². The van der Waals surface area contributed by atoms with E-state index in [1.807, 2.05) is 24.3 Å². The smallest absolute Gasteiger partial charge is 0.254 e. The number of piperazine rings is 1. The summed E-state index contributed by atoms with van der Waals surface area (Å²) in [5.41, 5.74) is 0.593. The minimum Gasteiger partial charge on any atom is -0.496 e. The lowest BCUT2D eigenvalue weighted by Crippen LogP contribution is -2.50. The monoisotopic (exact) mass is 488 g/mol. The van der Waals surface area contributed by atoms with Crippen molar-refractivity contribution in [1.29, 1.82) is 0 Å². The minimum atomic E-state index is -3.58. The van der Waals surface area contributed by atoms with E-state index in [9.17, 15) is 13.2 Å². The molecule has 6 nitrogen and oxygen atoms in total. The summed E-state index contributed by atoms with van der Waals surface area (Å²) in [6.45, 7) is 1.21. The minimum absolute atomic E-state index is 0.102. The molecule has 156 valence electrons. The third kappa shape index (κ3) is 3.82. The van der Waals surface area contributed by atoms with Gasteiger partial charge in [-0.05, 0) is 41.8 Å². The van der Waals surface area contributed by atoms with E-state index in [4.69, 9.17) is 4.74 Å². The number of carbonyl (C=O) groups is 1. The van der Waals surface area contributed by atoms with Crippen molar-refractivity contribution in [2.75, 3.05) is 33.3 Å². The Hall–Kier alpha value is -2.42. The van der Waals surface area contributed by atoms with Gasteiger partial charge in [0.25, 0.3) is 5.91 Å². The molecule has 0 N–H and O–H groups in total. The third-order valence-electron chi connectivity index (χ3n) is 5.31. The number of carbonyl (C=O) groups excluding carboxylic acids is 1. The Labute approximate surface area is 184 Å². The Balaban J connectivity index is 1.53. The predicted octanol–water partition coefficient (Wildman–Crippen LogP) is 3.76. The molecule has 0 spiro atoms. The van der Waals surface area contributed by atoms with E-state index in [-0.39, 0.29) is 23.9 Å². The van der Waals surface area contributed by atoms with Gasteiger partial charge >= 0.3 is 0 Å². The van der Waals surface area contributed by atoms with Gasteiger partial charge in [0.15, 0.2) is 0 Å². The number of benzene rings is 3. The fourth-order valence-corrected chi connectivity index (χ4v) is 5.38. The molecule has 1 heterocycles. The van der Waals surface area contributed by atoms with Gasteiger partial charge in [0.2, 0.25) is 10.0 Å². The molecular weight excluding hydrogens is 468 g/mol. The van der Waals surface area contributed by atoms with Crippen LogP contribution < -0.4 is 4.74 Å². The first-order chi connectivity index (χ1) is 14.4. The lowest BCUT2D eigenvalue weighted by molar-refractivity contribution is 0.0700. The molecule has 8 heteroatoms. The van der Waals surface area contributed by atoms with Crippen molar-refractivity contribution in [3.05, 3.63) is 70.7 Å². The van der Waals surface area contributed by atoms with E-state index in [0.29, 0.717) is 24.4 Å². The number of sulfonamides is 1. The van der Waals surface area contributed by atoms with Crippen molar-refractivity contribution in [3.63, 3.8) is 0 Å². The summed E-state index contributed by atoms with van der Waals surface area (Å²) >= 11 is 3.32. The molecule has 1 aliphatic heterocycles. The zero-order valence-corrected chi connectivity index (χ0v) is 18.8. The van der Waals surface area contributed by atoms with Gasteiger partial charge < -0.3 is 9.64 Å². The van der Waals surface area contributed by atoms with Crippen LogP contribution >= 0.6 is 15.9 Å². The van der Waals surface area contributed by atoms with Gasteiger partial charge in [0.05, 0.1) is 12.0 Å². The van der Waals surface area contributed by atoms with Crippen LogP contribution in [0.25, 0.3) is 10.8 Å². The van der Waals surface area contributed by atoms with E-state index in [2.05, 4.69) is 15.9 Å². The first kappa shape index (κ1) is 20.8. The second kappa shape index (κ2) is 8.37. The molecule has 1 amide bonds. The number of nitrogens with zero attached hydrogens (tertiary/aromatic N) is 2. The summed E-state index contributed by atoms with van der Waals surface area (Å²) in [4.78, 5) is 15.2. The van der Waals surface area contributed by atoms with Gasteiger partial charge in [0.1, 0.15) is 5.75 Å². The standard InChI is InChI=1S/C22H21BrN2O4S/c1-29-21-11-10-20(18-4-2-3-5-19(18)21)22(26)24-12-14-25(15-13-24)30(27,28)17-8-6-16(23)7-9-17/h2-11H,12-15H2,1H3. The van der Waals surface area contributed by atoms with E-state index >= 15 is 0 Å². The van der Waals surface area contributed by atoms with Gasteiger partial charge in [-0.3, -0.25) is 4.79 Å². The van der Waals surface area contributed by atoms with Crippen LogP contribution in [0.3, 0.4) is 0 Å². The predicted molar refractivity (Wildman–Crippen MR) is 119 cm³/mol. The van der Waals surface area contributed by atoms with Gasteiger partial charge in [0, 0.05) is 41.6 Å². The van der Waals surface area contributed by atoms with Crippen LogP contribution in [0.15, 0.2) is 70.0 Å². The summed E-state index contributed by atoms with van der Waals surface area (Å²) in [6.07, 6.45) is 0. The van der Waals surface area contributed by atoms with E-state index in [1.165, 1.54) is 4.31 Å². The lowest BCUT2D eigenvalue weighted by atomic mass is 10.0. The number of ether oxygens (including phenoxy) is 1. The van der Waals surface area contributed by atoms with Crippen LogP contribution in [0.5, 0.6) is 5.75 Å². The average Bonchev–Trinajstić information content (AvgIpc) is 2.78. The molecule has 1 saturated heterocycles. The highest BCUT2D eigenvalue weighted by atomic mass is 79.9. The van der Waals surface area contributed by atoms with E-state index in [1.54, 1.807) is 48.4 Å². The molecule has 0 atom stereocenters. The summed E-state index contributed by atoms with van der Waals surface area (Å²) in [5, 5.41) is 1.70. The maximum atomic E-state index is 13.2. The Morgan fingerprint density at radius 1 is 0.900 bits per heavy atom. The average molecular weight is 489 g/mol. The van der Waals surface area contributed by atoms with Crippen molar-refractivity contribution in [3.8, 4) is 5.75 Å². The highest BCUT2D eigenvalue weighted by molar-refractivity contribution is 9.10. The van der Waals surface area contributed by atoms with Crippen LogP contribution in [0.2, 0.25) is 0 Å². The molecule has 0 unspecified atom stereocenters. The molecule has 0 aliphatic carbocycles. The first-order valence-electron chi connectivity index (χ1n) is 9.52. The second-order valence-corrected chi connectivity index (χ2v) is 9.86. The number of hydrogen-bond donors (Lipinski definition) is 0. The Bertz CT molecular complexity index is 1190. The molecule has 0 saturated carbocycles. The molecule has 4 rings (SSSR count). The second-order valence-electron chi connectivity index (χ2n) is 7.01. The van der Waals surface area contributed by atoms with Crippen LogP contribution in [-0.2, 0) is 10.0 Å². The van der Waals surface area contributed by atoms with Crippen LogP contribution in [0.4, 0.5) is 0 Å². The Kier molecular flexibility index (Phi) is 5.81. The SMILES string of the molecule is COc1ccc(C(=O)N2CCN(S(=O)(=O)c3ccc(Br)cc3)CC2)c2ccccc12. The molecule has 3 aromatic rings. The van der Waals surface area contributed by atoms with Crippen LogP contribution in [0, 0.1) is 0 Å². The number of fused-ring (bicyclic) bond motifs is 1. The summed E-state index contributed by atoms with van der Waals surface area (Å²) in [5.74, 6) is 0.613. The van der Waals surface area contributed by atoms with Crippen molar-refractivity contribution in [2.45, 2.75) is 4.90 Å². The molecule has 3 aromatic carbocycles. The lowest BCUT2D eigenvalue weighted by Gasteiger charge is -2.34. The Morgan fingerprint density at radius 2 is 1.53 bits per heavy atom. The maximum absolute atomic E-state index is 13.2. The zero-order valence-electron chi connectivity index (χ0n) is 16.4. The number of rotatable bonds is 4. The van der Waals surface area contributed by atoms with Crippen molar-refractivity contribution >= 4 is 42.6 Å². The van der Waals surface area contributed by atoms with Crippen molar-refractivity contribution in [1.82, 2.24) is 9.21 Å². The molecule has 0 radical (unpaired) electrons. The normalized spacial score (nSPS) is 15.3. The first-order valence-corrected chi connectivity index (χ1v) is 11.8. The van der Waals surface area contributed by atoms with Gasteiger partial charge in [-0.1, -0.05) is 40.2 Å². The van der Waals surface area contributed by atoms with E-state index < -0.39 is 10.0 Å².